The molecule has 0 aliphatic carbocycles. The van der Waals surface area contributed by atoms with Crippen LogP contribution in [0.3, 0.4) is 0 Å². The summed E-state index contributed by atoms with van der Waals surface area (Å²) >= 11 is 0. The van der Waals surface area contributed by atoms with Gasteiger partial charge >= 0.3 is 0 Å². The molecule has 1 fully saturated rings. The van der Waals surface area contributed by atoms with Crippen molar-refractivity contribution < 1.29 is 5.11 Å². The van der Waals surface area contributed by atoms with Crippen molar-refractivity contribution in [3.63, 3.8) is 0 Å². The number of benzene rings is 1. The SMILES string of the molecule is C=C/C(=N\N=C(/C)N1CCNCC1)c1ccc(C(N=CC)=NC)cc1O. The number of nitrogens with zero attached hydrogens (tertiary/aromatic N) is 5. The monoisotopic (exact) mass is 354 g/mol. The van der Waals surface area contributed by atoms with Crippen molar-refractivity contribution >= 4 is 23.6 Å². The molecule has 138 valence electrons. The minimum Gasteiger partial charge on any atom is -0.507 e. The zero-order chi connectivity index (χ0) is 18.9. The number of phenols is 1. The van der Waals surface area contributed by atoms with Gasteiger partial charge in [-0.25, -0.2) is 4.99 Å². The van der Waals surface area contributed by atoms with Crippen LogP contribution in [0.25, 0.3) is 0 Å². The first kappa shape index (κ1) is 19.5. The van der Waals surface area contributed by atoms with Crippen molar-refractivity contribution in [1.82, 2.24) is 10.2 Å². The Labute approximate surface area is 154 Å². The Morgan fingerprint density at radius 2 is 2.00 bits per heavy atom. The normalized spacial score (nSPS) is 17.0. The fourth-order valence-corrected chi connectivity index (χ4v) is 2.65. The Bertz CT molecular complexity index is 757. The summed E-state index contributed by atoms with van der Waals surface area (Å²) in [4.78, 5) is 10.5. The van der Waals surface area contributed by atoms with E-state index in [0.717, 1.165) is 37.6 Å². The van der Waals surface area contributed by atoms with Gasteiger partial charge in [0.2, 0.25) is 0 Å². The van der Waals surface area contributed by atoms with Crippen LogP contribution in [0.2, 0.25) is 0 Å². The standard InChI is InChI=1S/C19H26N6O/c1-5-17(24-23-14(3)25-11-9-21-10-12-25)16-8-7-15(13-18(16)26)19(20-4)22-6-2/h5-8,13,21,26H,1,9-12H2,2-4H3/b20-19?,22-6?,23-14+,24-17+. The van der Waals surface area contributed by atoms with Crippen molar-refractivity contribution in [2.75, 3.05) is 33.2 Å². The van der Waals surface area contributed by atoms with Gasteiger partial charge in [-0.1, -0.05) is 12.6 Å². The average molecular weight is 354 g/mol. The highest BCUT2D eigenvalue weighted by molar-refractivity contribution is 6.11. The van der Waals surface area contributed by atoms with Crippen LogP contribution in [0, 0.1) is 0 Å². The summed E-state index contributed by atoms with van der Waals surface area (Å²) in [6.07, 6.45) is 3.25. The number of aromatic hydroxyl groups is 1. The highest BCUT2D eigenvalue weighted by Crippen LogP contribution is 2.21. The number of amidine groups is 2. The van der Waals surface area contributed by atoms with Crippen molar-refractivity contribution in [3.05, 3.63) is 42.0 Å². The minimum absolute atomic E-state index is 0.0867. The van der Waals surface area contributed by atoms with Crippen LogP contribution in [0.5, 0.6) is 5.75 Å². The molecule has 0 atom stereocenters. The molecule has 0 saturated carbocycles. The van der Waals surface area contributed by atoms with Gasteiger partial charge < -0.3 is 15.3 Å². The number of nitrogens with one attached hydrogen (secondary N) is 1. The molecular formula is C19H26N6O. The maximum Gasteiger partial charge on any atom is 0.154 e. The Morgan fingerprint density at radius 3 is 2.58 bits per heavy atom. The summed E-state index contributed by atoms with van der Waals surface area (Å²) in [6, 6.07) is 5.24. The Balaban J connectivity index is 2.27. The van der Waals surface area contributed by atoms with Gasteiger partial charge in [0.25, 0.3) is 0 Å². The zero-order valence-corrected chi connectivity index (χ0v) is 15.6. The quantitative estimate of drug-likeness (QED) is 0.493. The third-order valence-corrected chi connectivity index (χ3v) is 4.07. The molecule has 0 radical (unpaired) electrons. The summed E-state index contributed by atoms with van der Waals surface area (Å²) < 4.78 is 0. The molecule has 7 heteroatoms. The van der Waals surface area contributed by atoms with Gasteiger partial charge in [0.05, 0.1) is 5.71 Å². The second-order valence-electron chi connectivity index (χ2n) is 5.74. The molecule has 1 aliphatic rings. The largest absolute Gasteiger partial charge is 0.507 e. The fraction of sp³-hybridized carbons (Fsp3) is 0.368. The number of aliphatic imine (C=N–C) groups is 2. The van der Waals surface area contributed by atoms with Crippen molar-refractivity contribution in [3.8, 4) is 5.75 Å². The van der Waals surface area contributed by atoms with Gasteiger partial charge in [-0.3, -0.25) is 4.99 Å². The lowest BCUT2D eigenvalue weighted by Crippen LogP contribution is -2.45. The molecule has 1 saturated heterocycles. The molecule has 7 nitrogen and oxygen atoms in total. The molecule has 1 heterocycles. The third kappa shape index (κ3) is 4.86. The van der Waals surface area contributed by atoms with Crippen LogP contribution in [0.4, 0.5) is 0 Å². The van der Waals surface area contributed by atoms with Crippen LogP contribution in [-0.2, 0) is 0 Å². The first-order valence-corrected chi connectivity index (χ1v) is 8.60. The number of rotatable bonds is 4. The predicted octanol–water partition coefficient (Wildman–Crippen LogP) is 2.07. The summed E-state index contributed by atoms with van der Waals surface area (Å²) in [5.74, 6) is 1.49. The molecule has 1 aliphatic heterocycles. The number of phenolic OH excluding ortho intramolecular Hbond substituents is 1. The van der Waals surface area contributed by atoms with E-state index in [1.807, 2.05) is 19.9 Å². The van der Waals surface area contributed by atoms with E-state index < -0.39 is 0 Å². The molecule has 26 heavy (non-hydrogen) atoms. The molecule has 2 N–H and O–H groups in total. The summed E-state index contributed by atoms with van der Waals surface area (Å²) in [5.41, 5.74) is 1.81. The number of allylic oxidation sites excluding steroid dienone is 1. The van der Waals surface area contributed by atoms with Gasteiger partial charge in [-0.15, -0.1) is 10.2 Å². The van der Waals surface area contributed by atoms with Gasteiger partial charge in [0.15, 0.2) is 5.84 Å². The van der Waals surface area contributed by atoms with Gasteiger partial charge in [0, 0.05) is 50.6 Å². The van der Waals surface area contributed by atoms with Crippen LogP contribution >= 0.6 is 0 Å². The number of hydrogen-bond acceptors (Lipinski definition) is 5. The van der Waals surface area contributed by atoms with E-state index in [1.165, 1.54) is 0 Å². The Kier molecular flexibility index (Phi) is 7.23. The van der Waals surface area contributed by atoms with E-state index >= 15 is 0 Å². The fourth-order valence-electron chi connectivity index (χ4n) is 2.65. The van der Waals surface area contributed by atoms with E-state index in [1.54, 1.807) is 31.5 Å². The Morgan fingerprint density at radius 1 is 1.27 bits per heavy atom. The highest BCUT2D eigenvalue weighted by atomic mass is 16.3. The third-order valence-electron chi connectivity index (χ3n) is 4.07. The van der Waals surface area contributed by atoms with Crippen LogP contribution in [0.1, 0.15) is 25.0 Å². The average Bonchev–Trinajstić information content (AvgIpc) is 2.68. The molecule has 0 unspecified atom stereocenters. The van der Waals surface area contributed by atoms with Crippen molar-refractivity contribution in [2.24, 2.45) is 20.2 Å². The van der Waals surface area contributed by atoms with Crippen LogP contribution < -0.4 is 5.32 Å². The molecule has 0 amide bonds. The van der Waals surface area contributed by atoms with E-state index in [0.29, 0.717) is 17.1 Å². The second kappa shape index (κ2) is 9.62. The summed E-state index contributed by atoms with van der Waals surface area (Å²) in [6.45, 7) is 11.2. The molecule has 1 aromatic rings. The maximum atomic E-state index is 10.4. The molecule has 0 aromatic heterocycles. The first-order valence-electron chi connectivity index (χ1n) is 8.60. The van der Waals surface area contributed by atoms with Crippen molar-refractivity contribution in [2.45, 2.75) is 13.8 Å². The first-order chi connectivity index (χ1) is 12.6. The second-order valence-corrected chi connectivity index (χ2v) is 5.74. The van der Waals surface area contributed by atoms with E-state index in [-0.39, 0.29) is 5.75 Å². The smallest absolute Gasteiger partial charge is 0.154 e. The molecular weight excluding hydrogens is 328 g/mol. The van der Waals surface area contributed by atoms with Crippen LogP contribution in [-0.4, -0.2) is 66.8 Å². The lowest BCUT2D eigenvalue weighted by molar-refractivity contribution is 0.355. The Hall–Kier alpha value is -2.80. The van der Waals surface area contributed by atoms with Gasteiger partial charge in [-0.05, 0) is 32.1 Å². The van der Waals surface area contributed by atoms with Gasteiger partial charge in [-0.2, -0.15) is 0 Å². The van der Waals surface area contributed by atoms with E-state index in [4.69, 9.17) is 0 Å². The van der Waals surface area contributed by atoms with E-state index in [9.17, 15) is 5.11 Å². The number of hydrogen-bond donors (Lipinski definition) is 2. The topological polar surface area (TPSA) is 84.9 Å². The maximum absolute atomic E-state index is 10.4. The number of piperazine rings is 1. The highest BCUT2D eigenvalue weighted by Gasteiger charge is 2.12. The van der Waals surface area contributed by atoms with Crippen LogP contribution in [0.15, 0.2) is 51.0 Å². The zero-order valence-electron chi connectivity index (χ0n) is 15.6. The molecule has 2 rings (SSSR count). The lowest BCUT2D eigenvalue weighted by atomic mass is 10.1. The molecule has 0 spiro atoms. The predicted molar refractivity (Wildman–Crippen MR) is 109 cm³/mol. The van der Waals surface area contributed by atoms with E-state index in [2.05, 4.69) is 37.0 Å². The molecule has 0 bridgehead atoms. The summed E-state index contributed by atoms with van der Waals surface area (Å²) in [7, 11) is 1.66. The molecule has 1 aromatic carbocycles. The van der Waals surface area contributed by atoms with Crippen molar-refractivity contribution in [1.29, 1.82) is 0 Å². The summed E-state index contributed by atoms with van der Waals surface area (Å²) in [5, 5.41) is 22.3. The lowest BCUT2D eigenvalue weighted by Gasteiger charge is -2.28. The minimum atomic E-state index is 0.0867. The van der Waals surface area contributed by atoms with Gasteiger partial charge in [0.1, 0.15) is 11.6 Å².